The second kappa shape index (κ2) is 6.99. The van der Waals surface area contributed by atoms with Crippen LogP contribution in [0, 0.1) is 0 Å². The van der Waals surface area contributed by atoms with Crippen LogP contribution in [-0.4, -0.2) is 36.2 Å². The molecule has 138 valence electrons. The lowest BCUT2D eigenvalue weighted by Gasteiger charge is -2.19. The number of fused-ring (bicyclic) bond motifs is 2. The molecule has 1 atom stereocenters. The van der Waals surface area contributed by atoms with E-state index in [4.69, 9.17) is 18.6 Å². The van der Waals surface area contributed by atoms with Crippen LogP contribution in [0.3, 0.4) is 0 Å². The number of ether oxygens (including phenoxy) is 3. The first-order valence-corrected chi connectivity index (χ1v) is 8.35. The fourth-order valence-electron chi connectivity index (χ4n) is 2.63. The molecule has 0 radical (unpaired) electrons. The van der Waals surface area contributed by atoms with E-state index in [1.807, 2.05) is 0 Å². The number of nitrogens with one attached hydrogen (secondary N) is 1. The van der Waals surface area contributed by atoms with Crippen LogP contribution in [-0.2, 0) is 9.53 Å². The summed E-state index contributed by atoms with van der Waals surface area (Å²) in [5.74, 6) is 0.110. The van der Waals surface area contributed by atoms with Crippen molar-refractivity contribution in [2.45, 2.75) is 13.0 Å². The minimum atomic E-state index is -0.987. The molecule has 1 unspecified atom stereocenters. The van der Waals surface area contributed by atoms with Gasteiger partial charge in [-0.05, 0) is 37.3 Å². The summed E-state index contributed by atoms with van der Waals surface area (Å²) in [7, 11) is 0. The zero-order chi connectivity index (χ0) is 18.8. The summed E-state index contributed by atoms with van der Waals surface area (Å²) in [4.78, 5) is 28.6. The third-order valence-electron chi connectivity index (χ3n) is 4.03. The average Bonchev–Trinajstić information content (AvgIpc) is 3.15. The molecule has 1 N–H and O–H groups in total. The maximum atomic E-state index is 12.3. The van der Waals surface area contributed by atoms with Crippen molar-refractivity contribution in [2.75, 3.05) is 18.5 Å². The van der Waals surface area contributed by atoms with Crippen molar-refractivity contribution in [3.8, 4) is 11.5 Å². The summed E-state index contributed by atoms with van der Waals surface area (Å²) in [6, 6.07) is 9.80. The predicted octanol–water partition coefficient (Wildman–Crippen LogP) is 2.78. The van der Waals surface area contributed by atoms with E-state index in [2.05, 4.69) is 10.3 Å². The molecular weight excluding hydrogens is 352 g/mol. The molecule has 1 amide bonds. The van der Waals surface area contributed by atoms with Crippen molar-refractivity contribution in [3.63, 3.8) is 0 Å². The van der Waals surface area contributed by atoms with Gasteiger partial charge < -0.3 is 23.9 Å². The molecule has 3 aromatic rings. The molecular formula is C19H16N2O6. The number of nitrogens with zero attached hydrogens (tertiary/aromatic N) is 1. The van der Waals surface area contributed by atoms with E-state index in [9.17, 15) is 9.59 Å². The van der Waals surface area contributed by atoms with Gasteiger partial charge >= 0.3 is 5.97 Å². The van der Waals surface area contributed by atoms with Crippen LogP contribution in [0.25, 0.3) is 11.1 Å². The number of aromatic nitrogens is 1. The van der Waals surface area contributed by atoms with E-state index < -0.39 is 18.0 Å². The Labute approximate surface area is 154 Å². The highest BCUT2D eigenvalue weighted by Gasteiger charge is 2.20. The summed E-state index contributed by atoms with van der Waals surface area (Å²) < 4.78 is 21.3. The van der Waals surface area contributed by atoms with Gasteiger partial charge in [-0.15, -0.1) is 0 Å². The van der Waals surface area contributed by atoms with E-state index in [1.165, 1.54) is 13.3 Å². The highest BCUT2D eigenvalue weighted by molar-refractivity contribution is 5.98. The predicted molar refractivity (Wildman–Crippen MR) is 94.9 cm³/mol. The second-order valence-corrected chi connectivity index (χ2v) is 5.93. The molecule has 2 heterocycles. The molecule has 1 aliphatic heterocycles. The van der Waals surface area contributed by atoms with Gasteiger partial charge in [0, 0.05) is 11.8 Å². The smallest absolute Gasteiger partial charge is 0.338 e. The first-order valence-electron chi connectivity index (χ1n) is 8.35. The van der Waals surface area contributed by atoms with Gasteiger partial charge in [-0.2, -0.15) is 0 Å². The normalized spacial score (nSPS) is 13.8. The van der Waals surface area contributed by atoms with Crippen molar-refractivity contribution >= 4 is 28.7 Å². The van der Waals surface area contributed by atoms with E-state index in [0.29, 0.717) is 41.5 Å². The Morgan fingerprint density at radius 1 is 1.11 bits per heavy atom. The maximum absolute atomic E-state index is 12.3. The number of hydrogen-bond donors (Lipinski definition) is 1. The Morgan fingerprint density at radius 2 is 1.93 bits per heavy atom. The highest BCUT2D eigenvalue weighted by Crippen LogP contribution is 2.32. The zero-order valence-corrected chi connectivity index (χ0v) is 14.4. The summed E-state index contributed by atoms with van der Waals surface area (Å²) in [5.41, 5.74) is 1.92. The van der Waals surface area contributed by atoms with Crippen molar-refractivity contribution < 1.29 is 28.2 Å². The fourth-order valence-corrected chi connectivity index (χ4v) is 2.63. The van der Waals surface area contributed by atoms with Gasteiger partial charge in [-0.25, -0.2) is 9.78 Å². The molecule has 0 fully saturated rings. The van der Waals surface area contributed by atoms with Crippen molar-refractivity contribution in [2.24, 2.45) is 0 Å². The molecule has 0 saturated heterocycles. The summed E-state index contributed by atoms with van der Waals surface area (Å²) in [6.07, 6.45) is 0.308. The minimum Gasteiger partial charge on any atom is -0.486 e. The molecule has 0 aliphatic carbocycles. The maximum Gasteiger partial charge on any atom is 0.338 e. The first kappa shape index (κ1) is 16.9. The topological polar surface area (TPSA) is 99.9 Å². The van der Waals surface area contributed by atoms with Crippen LogP contribution in [0.2, 0.25) is 0 Å². The van der Waals surface area contributed by atoms with Crippen molar-refractivity contribution in [1.82, 2.24) is 4.98 Å². The number of benzene rings is 2. The van der Waals surface area contributed by atoms with Crippen LogP contribution >= 0.6 is 0 Å². The van der Waals surface area contributed by atoms with Crippen LogP contribution in [0.4, 0.5) is 5.69 Å². The lowest BCUT2D eigenvalue weighted by atomic mass is 10.2. The lowest BCUT2D eigenvalue weighted by molar-refractivity contribution is -0.123. The fraction of sp³-hybridized carbons (Fsp3) is 0.211. The summed E-state index contributed by atoms with van der Waals surface area (Å²) >= 11 is 0. The van der Waals surface area contributed by atoms with E-state index in [1.54, 1.807) is 36.4 Å². The number of hydrogen-bond acceptors (Lipinski definition) is 7. The molecule has 4 rings (SSSR count). The number of amides is 1. The molecule has 27 heavy (non-hydrogen) atoms. The van der Waals surface area contributed by atoms with Crippen molar-refractivity contribution in [3.05, 3.63) is 48.4 Å². The Kier molecular flexibility index (Phi) is 4.37. The van der Waals surface area contributed by atoms with Gasteiger partial charge in [0.2, 0.25) is 0 Å². The largest absolute Gasteiger partial charge is 0.486 e. The molecule has 8 heteroatoms. The Hall–Kier alpha value is -3.55. The minimum absolute atomic E-state index is 0.287. The van der Waals surface area contributed by atoms with E-state index in [0.717, 1.165) is 0 Å². The van der Waals surface area contributed by atoms with Gasteiger partial charge in [-0.1, -0.05) is 0 Å². The van der Waals surface area contributed by atoms with Crippen molar-refractivity contribution in [1.29, 1.82) is 0 Å². The Balaban J connectivity index is 1.40. The number of carbonyl (C=O) groups excluding carboxylic acids is 2. The lowest BCUT2D eigenvalue weighted by Crippen LogP contribution is -2.30. The number of anilines is 1. The molecule has 0 saturated carbocycles. The van der Waals surface area contributed by atoms with Crippen LogP contribution in [0.5, 0.6) is 11.5 Å². The first-order chi connectivity index (χ1) is 13.1. The quantitative estimate of drug-likeness (QED) is 0.707. The number of carbonyl (C=O) groups is 2. The van der Waals surface area contributed by atoms with Gasteiger partial charge in [-0.3, -0.25) is 4.79 Å². The molecule has 1 aliphatic rings. The van der Waals surface area contributed by atoms with Gasteiger partial charge in [0.1, 0.15) is 18.7 Å². The number of oxazole rings is 1. The Morgan fingerprint density at radius 3 is 2.78 bits per heavy atom. The summed E-state index contributed by atoms with van der Waals surface area (Å²) in [6.45, 7) is 2.44. The molecule has 1 aromatic heterocycles. The zero-order valence-electron chi connectivity index (χ0n) is 14.4. The van der Waals surface area contributed by atoms with Crippen LogP contribution in [0.15, 0.2) is 47.2 Å². The average molecular weight is 368 g/mol. The van der Waals surface area contributed by atoms with E-state index in [-0.39, 0.29) is 5.56 Å². The Bertz CT molecular complexity index is 1010. The van der Waals surface area contributed by atoms with E-state index >= 15 is 0 Å². The molecule has 8 nitrogen and oxygen atoms in total. The second-order valence-electron chi connectivity index (χ2n) is 5.93. The molecule has 0 spiro atoms. The monoisotopic (exact) mass is 368 g/mol. The van der Waals surface area contributed by atoms with Crippen LogP contribution < -0.4 is 14.8 Å². The highest BCUT2D eigenvalue weighted by atomic mass is 16.6. The van der Waals surface area contributed by atoms with Gasteiger partial charge in [0.15, 0.2) is 29.6 Å². The number of esters is 1. The molecule has 2 aromatic carbocycles. The third-order valence-corrected chi connectivity index (χ3v) is 4.03. The van der Waals surface area contributed by atoms with Gasteiger partial charge in [0.05, 0.1) is 5.56 Å². The van der Waals surface area contributed by atoms with Gasteiger partial charge in [0.25, 0.3) is 5.91 Å². The third kappa shape index (κ3) is 3.55. The summed E-state index contributed by atoms with van der Waals surface area (Å²) in [5, 5.41) is 2.70. The molecule has 0 bridgehead atoms. The number of rotatable bonds is 4. The van der Waals surface area contributed by atoms with Crippen LogP contribution in [0.1, 0.15) is 17.3 Å². The SMILES string of the molecule is CC(OC(=O)c1ccc2ocnc2c1)C(=O)Nc1ccc2c(c1)OCCO2. The standard InChI is InChI=1S/C19H16N2O6/c1-11(27-19(23)12-2-4-15-14(8-12)20-10-26-15)18(22)21-13-3-5-16-17(9-13)25-7-6-24-16/h2-5,8-11H,6-7H2,1H3,(H,21,22).